The standard InChI is InChI=1S/C19H22N4O2/c1-2-21-10-12-22(13-11-21)18-8-6-17(7-9-18)20-15-16-4-3-5-19(14-16)23(24)25/h3-9,14-15H,2,10-13H2,1H3/p+1. The summed E-state index contributed by atoms with van der Waals surface area (Å²) < 4.78 is 0. The summed E-state index contributed by atoms with van der Waals surface area (Å²) in [5.74, 6) is 0. The van der Waals surface area contributed by atoms with Crippen LogP contribution in [0.1, 0.15) is 12.5 Å². The van der Waals surface area contributed by atoms with Gasteiger partial charge in [0.25, 0.3) is 5.69 Å². The highest BCUT2D eigenvalue weighted by molar-refractivity contribution is 5.83. The van der Waals surface area contributed by atoms with E-state index in [-0.39, 0.29) is 5.69 Å². The van der Waals surface area contributed by atoms with Gasteiger partial charge in [-0.15, -0.1) is 0 Å². The minimum atomic E-state index is -0.397. The van der Waals surface area contributed by atoms with Crippen molar-refractivity contribution in [2.45, 2.75) is 6.92 Å². The van der Waals surface area contributed by atoms with Crippen LogP contribution in [0.5, 0.6) is 0 Å². The number of quaternary nitrogens is 1. The van der Waals surface area contributed by atoms with Gasteiger partial charge in [-0.05, 0) is 36.8 Å². The van der Waals surface area contributed by atoms with Crippen LogP contribution in [-0.2, 0) is 0 Å². The summed E-state index contributed by atoms with van der Waals surface area (Å²) in [5, 5.41) is 10.8. The van der Waals surface area contributed by atoms with E-state index in [1.807, 2.05) is 12.1 Å². The molecule has 0 aliphatic carbocycles. The number of benzene rings is 2. The summed E-state index contributed by atoms with van der Waals surface area (Å²) in [5.41, 5.74) is 2.86. The molecule has 1 saturated heterocycles. The molecule has 25 heavy (non-hydrogen) atoms. The molecule has 1 heterocycles. The average molecular weight is 339 g/mol. The zero-order valence-corrected chi connectivity index (χ0v) is 14.4. The number of aliphatic imine (C=N–C) groups is 1. The van der Waals surface area contributed by atoms with Gasteiger partial charge in [0.15, 0.2) is 0 Å². The predicted molar refractivity (Wildman–Crippen MR) is 100 cm³/mol. The van der Waals surface area contributed by atoms with Gasteiger partial charge in [-0.1, -0.05) is 12.1 Å². The van der Waals surface area contributed by atoms with E-state index in [4.69, 9.17) is 0 Å². The molecule has 1 aliphatic rings. The highest BCUT2D eigenvalue weighted by Gasteiger charge is 2.18. The van der Waals surface area contributed by atoms with Gasteiger partial charge in [0.2, 0.25) is 0 Å². The Morgan fingerprint density at radius 1 is 1.20 bits per heavy atom. The van der Waals surface area contributed by atoms with E-state index in [0.717, 1.165) is 24.3 Å². The molecule has 6 heteroatoms. The minimum Gasteiger partial charge on any atom is -0.360 e. The van der Waals surface area contributed by atoms with Crippen LogP contribution < -0.4 is 9.80 Å². The van der Waals surface area contributed by atoms with Crippen molar-refractivity contribution in [3.8, 4) is 0 Å². The van der Waals surface area contributed by atoms with Crippen molar-refractivity contribution in [3.05, 3.63) is 64.2 Å². The van der Waals surface area contributed by atoms with Gasteiger partial charge in [0.05, 0.1) is 43.3 Å². The zero-order chi connectivity index (χ0) is 17.6. The van der Waals surface area contributed by atoms with Crippen molar-refractivity contribution in [3.63, 3.8) is 0 Å². The molecule has 0 bridgehead atoms. The molecule has 6 nitrogen and oxygen atoms in total. The first-order chi connectivity index (χ1) is 12.2. The number of rotatable bonds is 5. The van der Waals surface area contributed by atoms with Crippen LogP contribution in [-0.4, -0.2) is 43.9 Å². The lowest BCUT2D eigenvalue weighted by Gasteiger charge is -2.33. The molecule has 0 atom stereocenters. The van der Waals surface area contributed by atoms with Crippen molar-refractivity contribution in [1.29, 1.82) is 0 Å². The van der Waals surface area contributed by atoms with Crippen LogP contribution in [0.15, 0.2) is 53.5 Å². The molecular formula is C19H23N4O2+. The maximum atomic E-state index is 10.8. The number of nitrogens with zero attached hydrogens (tertiary/aromatic N) is 3. The number of nitro benzene ring substituents is 1. The lowest BCUT2D eigenvalue weighted by atomic mass is 10.2. The van der Waals surface area contributed by atoms with Gasteiger partial charge < -0.3 is 9.80 Å². The topological polar surface area (TPSA) is 63.2 Å². The van der Waals surface area contributed by atoms with Gasteiger partial charge in [0, 0.05) is 24.0 Å². The molecule has 0 saturated carbocycles. The third-order valence-electron chi connectivity index (χ3n) is 4.63. The molecule has 0 unspecified atom stereocenters. The Balaban J connectivity index is 1.65. The van der Waals surface area contributed by atoms with Gasteiger partial charge in [-0.25, -0.2) is 0 Å². The highest BCUT2D eigenvalue weighted by atomic mass is 16.6. The van der Waals surface area contributed by atoms with Crippen molar-refractivity contribution in [1.82, 2.24) is 0 Å². The molecule has 0 radical (unpaired) electrons. The third kappa shape index (κ3) is 4.42. The fourth-order valence-electron chi connectivity index (χ4n) is 3.05. The predicted octanol–water partition coefficient (Wildman–Crippen LogP) is 2.07. The van der Waals surface area contributed by atoms with Crippen LogP contribution in [0.4, 0.5) is 17.1 Å². The molecule has 1 N–H and O–H groups in total. The molecule has 0 amide bonds. The Hall–Kier alpha value is -2.73. The smallest absolute Gasteiger partial charge is 0.270 e. The lowest BCUT2D eigenvalue weighted by molar-refractivity contribution is -0.898. The van der Waals surface area contributed by atoms with E-state index < -0.39 is 4.92 Å². The number of nitrogens with one attached hydrogen (secondary N) is 1. The van der Waals surface area contributed by atoms with Crippen LogP contribution in [0.2, 0.25) is 0 Å². The van der Waals surface area contributed by atoms with E-state index in [1.54, 1.807) is 23.2 Å². The maximum Gasteiger partial charge on any atom is 0.270 e. The van der Waals surface area contributed by atoms with Crippen LogP contribution in [0.25, 0.3) is 0 Å². The van der Waals surface area contributed by atoms with E-state index in [9.17, 15) is 10.1 Å². The van der Waals surface area contributed by atoms with Gasteiger partial charge in [0.1, 0.15) is 0 Å². The molecule has 130 valence electrons. The summed E-state index contributed by atoms with van der Waals surface area (Å²) >= 11 is 0. The Kier molecular flexibility index (Phi) is 5.40. The maximum absolute atomic E-state index is 10.8. The second kappa shape index (κ2) is 7.90. The van der Waals surface area contributed by atoms with E-state index in [0.29, 0.717) is 0 Å². The second-order valence-corrected chi connectivity index (χ2v) is 6.22. The first-order valence-electron chi connectivity index (χ1n) is 8.63. The summed E-state index contributed by atoms with van der Waals surface area (Å²) in [6, 6.07) is 14.6. The Morgan fingerprint density at radius 2 is 1.92 bits per heavy atom. The molecule has 0 aromatic heterocycles. The van der Waals surface area contributed by atoms with Crippen molar-refractivity contribution in [2.24, 2.45) is 4.99 Å². The number of hydrogen-bond donors (Lipinski definition) is 1. The minimum absolute atomic E-state index is 0.0765. The monoisotopic (exact) mass is 339 g/mol. The van der Waals surface area contributed by atoms with Crippen LogP contribution >= 0.6 is 0 Å². The van der Waals surface area contributed by atoms with Crippen molar-refractivity contribution >= 4 is 23.3 Å². The highest BCUT2D eigenvalue weighted by Crippen LogP contribution is 2.20. The van der Waals surface area contributed by atoms with Crippen molar-refractivity contribution < 1.29 is 9.82 Å². The van der Waals surface area contributed by atoms with E-state index in [1.165, 1.54) is 37.5 Å². The summed E-state index contributed by atoms with van der Waals surface area (Å²) in [7, 11) is 0. The fraction of sp³-hybridized carbons (Fsp3) is 0.316. The molecule has 0 spiro atoms. The van der Waals surface area contributed by atoms with Crippen molar-refractivity contribution in [2.75, 3.05) is 37.6 Å². The van der Waals surface area contributed by atoms with Gasteiger partial charge in [-0.3, -0.25) is 15.1 Å². The van der Waals surface area contributed by atoms with Crippen LogP contribution in [0.3, 0.4) is 0 Å². The number of piperazine rings is 1. The summed E-state index contributed by atoms with van der Waals surface area (Å²) in [6.07, 6.45) is 1.66. The van der Waals surface area contributed by atoms with Gasteiger partial charge in [-0.2, -0.15) is 0 Å². The zero-order valence-electron chi connectivity index (χ0n) is 14.4. The van der Waals surface area contributed by atoms with Gasteiger partial charge >= 0.3 is 0 Å². The Morgan fingerprint density at radius 3 is 2.56 bits per heavy atom. The Labute approximate surface area is 147 Å². The normalized spacial score (nSPS) is 15.6. The molecule has 1 aliphatic heterocycles. The molecule has 2 aromatic rings. The number of non-ortho nitro benzene ring substituents is 1. The number of anilines is 1. The summed E-state index contributed by atoms with van der Waals surface area (Å²) in [4.78, 5) is 18.9. The molecule has 3 rings (SSSR count). The quantitative estimate of drug-likeness (QED) is 0.515. The molecular weight excluding hydrogens is 316 g/mol. The first-order valence-corrected chi connectivity index (χ1v) is 8.63. The third-order valence-corrected chi connectivity index (χ3v) is 4.63. The number of hydrogen-bond acceptors (Lipinski definition) is 4. The average Bonchev–Trinajstić information content (AvgIpc) is 2.67. The number of likely N-dealkylation sites (N-methyl/N-ethyl adjacent to an activating group) is 1. The largest absolute Gasteiger partial charge is 0.360 e. The second-order valence-electron chi connectivity index (χ2n) is 6.22. The van der Waals surface area contributed by atoms with Crippen LogP contribution in [0, 0.1) is 10.1 Å². The fourth-order valence-corrected chi connectivity index (χ4v) is 3.05. The first kappa shape index (κ1) is 17.1. The lowest BCUT2D eigenvalue weighted by Crippen LogP contribution is -3.14. The molecule has 1 fully saturated rings. The van der Waals surface area contributed by atoms with E-state index >= 15 is 0 Å². The summed E-state index contributed by atoms with van der Waals surface area (Å²) in [6.45, 7) is 7.96. The molecule has 2 aromatic carbocycles. The number of nitro groups is 1. The SMILES string of the molecule is CC[NH+]1CCN(c2ccc(N=Cc3cccc([N+](=O)[O-])c3)cc2)CC1. The Bertz CT molecular complexity index is 750. The van der Waals surface area contributed by atoms with E-state index in [2.05, 4.69) is 28.9 Å².